The number of rotatable bonds is 1. The molecule has 1 aliphatic heterocycles. The van der Waals surface area contributed by atoms with Crippen LogP contribution in [0.2, 0.25) is 0 Å². The molecule has 0 N–H and O–H groups in total. The second-order valence-electron chi connectivity index (χ2n) is 4.85. The van der Waals surface area contributed by atoms with Crippen LogP contribution >= 0.6 is 0 Å². The van der Waals surface area contributed by atoms with Gasteiger partial charge in [0.1, 0.15) is 7.05 Å². The van der Waals surface area contributed by atoms with E-state index in [1.54, 1.807) is 0 Å². The molecule has 0 aromatic heterocycles. The van der Waals surface area contributed by atoms with Crippen molar-refractivity contribution >= 4 is 11.4 Å². The quantitative estimate of drug-likeness (QED) is 0.614. The van der Waals surface area contributed by atoms with Crippen LogP contribution in [-0.2, 0) is 5.41 Å². The van der Waals surface area contributed by atoms with Gasteiger partial charge in [0.15, 0.2) is 5.71 Å². The molecule has 0 unspecified atom stereocenters. The highest BCUT2D eigenvalue weighted by atomic mass is 15.0. The maximum absolute atomic E-state index is 2.35. The van der Waals surface area contributed by atoms with E-state index in [9.17, 15) is 0 Å². The molecule has 1 heterocycles. The molecule has 1 nitrogen and oxygen atoms in total. The molecule has 1 aromatic rings. The van der Waals surface area contributed by atoms with Gasteiger partial charge in [-0.05, 0) is 26.3 Å². The van der Waals surface area contributed by atoms with Crippen LogP contribution < -0.4 is 0 Å². The molecule has 80 valence electrons. The molecule has 0 spiro atoms. The van der Waals surface area contributed by atoms with Crippen LogP contribution in [0, 0.1) is 6.92 Å². The molecule has 2 rings (SSSR count). The predicted octanol–water partition coefficient (Wildman–Crippen LogP) is 3.41. The Balaban J connectivity index is 2.71. The summed E-state index contributed by atoms with van der Waals surface area (Å²) in [6.45, 7) is 9.04. The van der Waals surface area contributed by atoms with Gasteiger partial charge in [-0.25, -0.2) is 4.58 Å². The second kappa shape index (κ2) is 3.19. The zero-order valence-electron chi connectivity index (χ0n) is 10.4. The Morgan fingerprint density at radius 1 is 1.27 bits per heavy atom. The summed E-state index contributed by atoms with van der Waals surface area (Å²) in [6, 6.07) is 6.78. The second-order valence-corrected chi connectivity index (χ2v) is 4.85. The Labute approximate surface area is 92.5 Å². The number of nitrogens with zero attached hydrogens (tertiary/aromatic N) is 1. The monoisotopic (exact) mass is 202 g/mol. The van der Waals surface area contributed by atoms with Crippen molar-refractivity contribution in [1.29, 1.82) is 0 Å². The fraction of sp³-hybridized carbons (Fsp3) is 0.500. The summed E-state index contributed by atoms with van der Waals surface area (Å²) in [5.74, 6) is 0. The molecular weight excluding hydrogens is 182 g/mol. The molecule has 1 heteroatoms. The van der Waals surface area contributed by atoms with E-state index in [1.807, 2.05) is 0 Å². The van der Waals surface area contributed by atoms with E-state index in [4.69, 9.17) is 0 Å². The SMILES string of the molecule is CC[C@]1(C)C(C)=[N+](C)c2ccc(C)cc21. The maximum atomic E-state index is 2.35. The van der Waals surface area contributed by atoms with Crippen LogP contribution in [-0.4, -0.2) is 17.3 Å². The van der Waals surface area contributed by atoms with Gasteiger partial charge in [0.25, 0.3) is 0 Å². The summed E-state index contributed by atoms with van der Waals surface area (Å²) in [5.41, 5.74) is 5.92. The van der Waals surface area contributed by atoms with Gasteiger partial charge in [-0.1, -0.05) is 18.6 Å². The van der Waals surface area contributed by atoms with Crippen molar-refractivity contribution < 1.29 is 4.58 Å². The van der Waals surface area contributed by atoms with Gasteiger partial charge in [-0.2, -0.15) is 0 Å². The van der Waals surface area contributed by atoms with E-state index in [0.29, 0.717) is 0 Å². The summed E-state index contributed by atoms with van der Waals surface area (Å²) < 4.78 is 2.33. The lowest BCUT2D eigenvalue weighted by Gasteiger charge is -2.19. The summed E-state index contributed by atoms with van der Waals surface area (Å²) in [4.78, 5) is 0. The molecule has 0 radical (unpaired) electrons. The first kappa shape index (κ1) is 10.4. The van der Waals surface area contributed by atoms with Crippen molar-refractivity contribution in [3.8, 4) is 0 Å². The minimum absolute atomic E-state index is 0.232. The third-order valence-electron chi connectivity index (χ3n) is 4.12. The van der Waals surface area contributed by atoms with Gasteiger partial charge >= 0.3 is 0 Å². The van der Waals surface area contributed by atoms with Crippen molar-refractivity contribution in [3.63, 3.8) is 0 Å². The summed E-state index contributed by atoms with van der Waals surface area (Å²) in [7, 11) is 2.17. The number of hydrogen-bond acceptors (Lipinski definition) is 0. The maximum Gasteiger partial charge on any atom is 0.209 e. The predicted molar refractivity (Wildman–Crippen MR) is 65.3 cm³/mol. The molecule has 0 amide bonds. The molecule has 0 saturated heterocycles. The highest BCUT2D eigenvalue weighted by Crippen LogP contribution is 2.41. The minimum Gasteiger partial charge on any atom is -0.202 e. The van der Waals surface area contributed by atoms with Gasteiger partial charge in [0.2, 0.25) is 5.69 Å². The summed E-state index contributed by atoms with van der Waals surface area (Å²) in [5, 5.41) is 0. The Hall–Kier alpha value is -1.11. The van der Waals surface area contributed by atoms with Crippen LogP contribution in [0.1, 0.15) is 38.3 Å². The molecule has 15 heavy (non-hydrogen) atoms. The van der Waals surface area contributed by atoms with Crippen molar-refractivity contribution in [2.45, 2.75) is 39.5 Å². The molecule has 0 fully saturated rings. The molecular formula is C14H20N+. The molecule has 0 aliphatic carbocycles. The van der Waals surface area contributed by atoms with E-state index in [2.05, 4.69) is 57.5 Å². The standard InChI is InChI=1S/C14H20N/c1-6-14(4)11(3)15(5)13-8-7-10(2)9-12(13)14/h7-9H,6H2,1-5H3/q+1/t14-/m1/s1. The molecule has 1 atom stereocenters. The number of aryl methyl sites for hydroxylation is 1. The Morgan fingerprint density at radius 3 is 2.53 bits per heavy atom. The van der Waals surface area contributed by atoms with E-state index in [1.165, 1.54) is 28.9 Å². The van der Waals surface area contributed by atoms with Crippen molar-refractivity contribution in [3.05, 3.63) is 29.3 Å². The van der Waals surface area contributed by atoms with Gasteiger partial charge in [0, 0.05) is 18.6 Å². The van der Waals surface area contributed by atoms with E-state index in [-0.39, 0.29) is 5.41 Å². The molecule has 0 bridgehead atoms. The topological polar surface area (TPSA) is 3.01 Å². The Bertz CT molecular complexity index is 443. The van der Waals surface area contributed by atoms with Crippen molar-refractivity contribution in [2.75, 3.05) is 7.05 Å². The van der Waals surface area contributed by atoms with Gasteiger partial charge < -0.3 is 0 Å². The van der Waals surface area contributed by atoms with Gasteiger partial charge in [-0.15, -0.1) is 0 Å². The van der Waals surface area contributed by atoms with Crippen LogP contribution in [0.15, 0.2) is 18.2 Å². The first-order valence-corrected chi connectivity index (χ1v) is 5.69. The first-order valence-electron chi connectivity index (χ1n) is 5.69. The van der Waals surface area contributed by atoms with E-state index < -0.39 is 0 Å². The third-order valence-corrected chi connectivity index (χ3v) is 4.12. The highest BCUT2D eigenvalue weighted by Gasteiger charge is 2.43. The lowest BCUT2D eigenvalue weighted by atomic mass is 9.77. The fourth-order valence-corrected chi connectivity index (χ4v) is 2.58. The van der Waals surface area contributed by atoms with E-state index >= 15 is 0 Å². The minimum atomic E-state index is 0.232. The zero-order chi connectivity index (χ0) is 11.2. The summed E-state index contributed by atoms with van der Waals surface area (Å²) >= 11 is 0. The third kappa shape index (κ3) is 1.26. The Kier molecular flexibility index (Phi) is 2.22. The Morgan fingerprint density at radius 2 is 1.93 bits per heavy atom. The van der Waals surface area contributed by atoms with Crippen LogP contribution in [0.25, 0.3) is 0 Å². The van der Waals surface area contributed by atoms with Crippen LogP contribution in [0.3, 0.4) is 0 Å². The van der Waals surface area contributed by atoms with Crippen LogP contribution in [0.4, 0.5) is 5.69 Å². The molecule has 1 aromatic carbocycles. The van der Waals surface area contributed by atoms with Crippen molar-refractivity contribution in [2.24, 2.45) is 0 Å². The average molecular weight is 202 g/mol. The normalized spacial score (nSPS) is 24.6. The average Bonchev–Trinajstić information content (AvgIpc) is 2.42. The molecule has 0 saturated carbocycles. The number of hydrogen-bond donors (Lipinski definition) is 0. The summed E-state index contributed by atoms with van der Waals surface area (Å²) in [6.07, 6.45) is 1.17. The largest absolute Gasteiger partial charge is 0.209 e. The number of benzene rings is 1. The van der Waals surface area contributed by atoms with Crippen LogP contribution in [0.5, 0.6) is 0 Å². The van der Waals surface area contributed by atoms with Crippen molar-refractivity contribution in [1.82, 2.24) is 0 Å². The van der Waals surface area contributed by atoms with Gasteiger partial charge in [0.05, 0.1) is 5.41 Å². The molecule has 1 aliphatic rings. The number of fused-ring (bicyclic) bond motifs is 1. The highest BCUT2D eigenvalue weighted by molar-refractivity contribution is 5.93. The fourth-order valence-electron chi connectivity index (χ4n) is 2.58. The lowest BCUT2D eigenvalue weighted by molar-refractivity contribution is -0.403. The first-order chi connectivity index (χ1) is 7.00. The zero-order valence-corrected chi connectivity index (χ0v) is 10.4. The van der Waals surface area contributed by atoms with E-state index in [0.717, 1.165) is 0 Å². The lowest BCUT2D eigenvalue weighted by Crippen LogP contribution is -2.28. The van der Waals surface area contributed by atoms with Gasteiger partial charge in [-0.3, -0.25) is 0 Å². The smallest absolute Gasteiger partial charge is 0.202 e.